The van der Waals surface area contributed by atoms with Crippen LogP contribution in [0, 0.1) is 0 Å². The third-order valence-corrected chi connectivity index (χ3v) is 5.13. The van der Waals surface area contributed by atoms with Gasteiger partial charge in [-0.15, -0.1) is 12.4 Å². The van der Waals surface area contributed by atoms with Gasteiger partial charge in [0.2, 0.25) is 0 Å². The van der Waals surface area contributed by atoms with Crippen LogP contribution in [0.2, 0.25) is 0 Å². The van der Waals surface area contributed by atoms with E-state index in [1.807, 2.05) is 32.3 Å². The van der Waals surface area contributed by atoms with E-state index in [1.165, 1.54) is 12.1 Å². The van der Waals surface area contributed by atoms with E-state index < -0.39 is 11.7 Å². The van der Waals surface area contributed by atoms with Crippen LogP contribution in [0.3, 0.4) is 0 Å². The Labute approximate surface area is 165 Å². The lowest BCUT2D eigenvalue weighted by molar-refractivity contribution is -0.137. The molecule has 2 aromatic carbocycles. The van der Waals surface area contributed by atoms with E-state index in [1.54, 1.807) is 6.07 Å². The summed E-state index contributed by atoms with van der Waals surface area (Å²) in [6.07, 6.45) is -1.48. The smallest absolute Gasteiger partial charge is 0.309 e. The highest BCUT2D eigenvalue weighted by molar-refractivity contribution is 5.87. The number of rotatable bonds is 3. The number of hydrogen-bond donors (Lipinski definition) is 0. The predicted molar refractivity (Wildman–Crippen MR) is 108 cm³/mol. The van der Waals surface area contributed by atoms with Gasteiger partial charge in [-0.3, -0.25) is 0 Å². The first kappa shape index (κ1) is 21.5. The van der Waals surface area contributed by atoms with Crippen LogP contribution in [0.15, 0.2) is 48.5 Å². The first-order valence-electron chi connectivity index (χ1n) is 8.79. The molecule has 0 amide bonds. The standard InChI is InChI=1S/C22H24F3N.ClH/c1-21(2)19-10-6-5-8-17(19)16(9-7-13-26(3)4)18-14-15(22(23,24)25)11-12-20(18)21;/h5-6,8-12,14H,7,13H2,1-4H3;1H/b16-9+;. The lowest BCUT2D eigenvalue weighted by atomic mass is 9.67. The first-order valence-corrected chi connectivity index (χ1v) is 8.79. The van der Waals surface area contributed by atoms with Crippen molar-refractivity contribution in [3.05, 3.63) is 76.4 Å². The molecule has 1 nitrogen and oxygen atoms in total. The molecule has 5 heteroatoms. The summed E-state index contributed by atoms with van der Waals surface area (Å²) in [6.45, 7) is 5.01. The fourth-order valence-electron chi connectivity index (χ4n) is 3.73. The topological polar surface area (TPSA) is 3.24 Å². The zero-order valence-corrected chi connectivity index (χ0v) is 16.8. The molecular weight excluding hydrogens is 371 g/mol. The van der Waals surface area contributed by atoms with Crippen LogP contribution in [0.4, 0.5) is 13.2 Å². The minimum Gasteiger partial charge on any atom is -0.309 e. The fourth-order valence-corrected chi connectivity index (χ4v) is 3.73. The van der Waals surface area contributed by atoms with Crippen LogP contribution in [0.1, 0.15) is 48.1 Å². The van der Waals surface area contributed by atoms with E-state index in [9.17, 15) is 13.2 Å². The van der Waals surface area contributed by atoms with Gasteiger partial charge in [0.1, 0.15) is 0 Å². The SMILES string of the molecule is CN(C)CC/C=C1\c2ccccc2C(C)(C)c2ccc(C(F)(F)F)cc21.Cl. The number of halogens is 4. The summed E-state index contributed by atoms with van der Waals surface area (Å²) in [5.41, 5.74) is 3.80. The van der Waals surface area contributed by atoms with Crippen molar-refractivity contribution in [2.75, 3.05) is 20.6 Å². The summed E-state index contributed by atoms with van der Waals surface area (Å²) in [5.74, 6) is 0. The highest BCUT2D eigenvalue weighted by Gasteiger charge is 2.37. The summed E-state index contributed by atoms with van der Waals surface area (Å²) in [5, 5.41) is 0. The van der Waals surface area contributed by atoms with Crippen molar-refractivity contribution in [1.82, 2.24) is 4.90 Å². The fraction of sp³-hybridized carbons (Fsp3) is 0.364. The molecular formula is C22H25ClF3N. The highest BCUT2D eigenvalue weighted by atomic mass is 35.5. The summed E-state index contributed by atoms with van der Waals surface area (Å²) in [4.78, 5) is 2.07. The molecule has 27 heavy (non-hydrogen) atoms. The van der Waals surface area contributed by atoms with E-state index in [-0.39, 0.29) is 17.8 Å². The molecule has 1 aliphatic rings. The van der Waals surface area contributed by atoms with E-state index in [4.69, 9.17) is 0 Å². The van der Waals surface area contributed by atoms with Crippen molar-refractivity contribution in [3.63, 3.8) is 0 Å². The highest BCUT2D eigenvalue weighted by Crippen LogP contribution is 2.47. The molecule has 0 fully saturated rings. The molecule has 146 valence electrons. The monoisotopic (exact) mass is 395 g/mol. The minimum atomic E-state index is -4.34. The third-order valence-electron chi connectivity index (χ3n) is 5.13. The van der Waals surface area contributed by atoms with E-state index in [0.29, 0.717) is 5.56 Å². The van der Waals surface area contributed by atoms with Gasteiger partial charge in [0.15, 0.2) is 0 Å². The van der Waals surface area contributed by atoms with Crippen molar-refractivity contribution in [2.24, 2.45) is 0 Å². The van der Waals surface area contributed by atoms with Crippen LogP contribution in [-0.2, 0) is 11.6 Å². The molecule has 0 spiro atoms. The molecule has 0 saturated carbocycles. The predicted octanol–water partition coefficient (Wildman–Crippen LogP) is 6.15. The summed E-state index contributed by atoms with van der Waals surface area (Å²) < 4.78 is 39.9. The van der Waals surface area contributed by atoms with Gasteiger partial charge in [-0.25, -0.2) is 0 Å². The first-order chi connectivity index (χ1) is 12.1. The Morgan fingerprint density at radius 3 is 2.22 bits per heavy atom. The van der Waals surface area contributed by atoms with Gasteiger partial charge >= 0.3 is 6.18 Å². The van der Waals surface area contributed by atoms with Gasteiger partial charge in [0.25, 0.3) is 0 Å². The number of hydrogen-bond acceptors (Lipinski definition) is 1. The Hall–Kier alpha value is -1.78. The molecule has 0 radical (unpaired) electrons. The van der Waals surface area contributed by atoms with Crippen LogP contribution < -0.4 is 0 Å². The Balaban J connectivity index is 0.00000261. The molecule has 0 N–H and O–H groups in total. The van der Waals surface area contributed by atoms with Crippen LogP contribution >= 0.6 is 12.4 Å². The molecule has 0 saturated heterocycles. The van der Waals surface area contributed by atoms with E-state index >= 15 is 0 Å². The molecule has 0 aromatic heterocycles. The normalized spacial score (nSPS) is 16.7. The molecule has 2 aromatic rings. The maximum Gasteiger partial charge on any atom is 0.416 e. The Kier molecular flexibility index (Phi) is 6.13. The van der Waals surface area contributed by atoms with E-state index in [0.717, 1.165) is 35.2 Å². The molecule has 0 heterocycles. The molecule has 0 unspecified atom stereocenters. The number of alkyl halides is 3. The van der Waals surface area contributed by atoms with Crippen molar-refractivity contribution in [2.45, 2.75) is 31.9 Å². The zero-order valence-electron chi connectivity index (χ0n) is 16.0. The van der Waals surface area contributed by atoms with Crippen molar-refractivity contribution in [3.8, 4) is 0 Å². The summed E-state index contributed by atoms with van der Waals surface area (Å²) >= 11 is 0. The number of benzene rings is 2. The third kappa shape index (κ3) is 4.07. The molecule has 0 aliphatic heterocycles. The van der Waals surface area contributed by atoms with Crippen LogP contribution in [0.25, 0.3) is 5.57 Å². The lowest BCUT2D eigenvalue weighted by Gasteiger charge is -2.37. The second kappa shape index (κ2) is 7.69. The van der Waals surface area contributed by atoms with Gasteiger partial charge in [-0.1, -0.05) is 50.3 Å². The van der Waals surface area contributed by atoms with Crippen molar-refractivity contribution >= 4 is 18.0 Å². The van der Waals surface area contributed by atoms with Crippen molar-refractivity contribution in [1.29, 1.82) is 0 Å². The quantitative estimate of drug-likeness (QED) is 0.602. The maximum atomic E-state index is 13.3. The van der Waals surface area contributed by atoms with Crippen molar-refractivity contribution < 1.29 is 13.2 Å². The molecule has 0 atom stereocenters. The Bertz CT molecular complexity index is 851. The lowest BCUT2D eigenvalue weighted by Crippen LogP contribution is -2.27. The molecule has 1 aliphatic carbocycles. The summed E-state index contributed by atoms with van der Waals surface area (Å²) in [6, 6.07) is 12.2. The largest absolute Gasteiger partial charge is 0.416 e. The Morgan fingerprint density at radius 1 is 0.963 bits per heavy atom. The second-order valence-corrected chi connectivity index (χ2v) is 7.64. The van der Waals surface area contributed by atoms with E-state index in [2.05, 4.69) is 30.9 Å². The average Bonchev–Trinajstić information content (AvgIpc) is 2.56. The summed E-state index contributed by atoms with van der Waals surface area (Å²) in [7, 11) is 3.98. The van der Waals surface area contributed by atoms with Gasteiger partial charge in [-0.05, 0) is 60.5 Å². The van der Waals surface area contributed by atoms with Gasteiger partial charge in [-0.2, -0.15) is 13.2 Å². The van der Waals surface area contributed by atoms with Gasteiger partial charge < -0.3 is 4.90 Å². The van der Waals surface area contributed by atoms with Gasteiger partial charge in [0.05, 0.1) is 5.56 Å². The zero-order chi connectivity index (χ0) is 19.1. The second-order valence-electron chi connectivity index (χ2n) is 7.64. The number of nitrogens with zero attached hydrogens (tertiary/aromatic N) is 1. The average molecular weight is 396 g/mol. The van der Waals surface area contributed by atoms with Crippen LogP contribution in [0.5, 0.6) is 0 Å². The van der Waals surface area contributed by atoms with Gasteiger partial charge in [0, 0.05) is 12.0 Å². The number of fused-ring (bicyclic) bond motifs is 2. The maximum absolute atomic E-state index is 13.3. The molecule has 0 bridgehead atoms. The Morgan fingerprint density at radius 2 is 1.59 bits per heavy atom. The molecule has 3 rings (SSSR count). The minimum absolute atomic E-state index is 0. The van der Waals surface area contributed by atoms with Crippen LogP contribution in [-0.4, -0.2) is 25.5 Å².